The van der Waals surface area contributed by atoms with Gasteiger partial charge in [0.05, 0.1) is 6.04 Å². The quantitative estimate of drug-likeness (QED) is 0.354. The number of hydrogen-bond acceptors (Lipinski definition) is 5. The van der Waals surface area contributed by atoms with Gasteiger partial charge in [-0.15, -0.1) is 0 Å². The molecule has 0 saturated carbocycles. The molecule has 0 aliphatic carbocycles. The second kappa shape index (κ2) is 11.9. The summed E-state index contributed by atoms with van der Waals surface area (Å²) >= 11 is 0. The maximum absolute atomic E-state index is 12.9. The van der Waals surface area contributed by atoms with E-state index in [1.165, 1.54) is 12.1 Å². The van der Waals surface area contributed by atoms with E-state index < -0.39 is 35.8 Å². The van der Waals surface area contributed by atoms with Crippen LogP contribution in [0.15, 0.2) is 54.6 Å². The van der Waals surface area contributed by atoms with Gasteiger partial charge in [-0.25, -0.2) is 0 Å². The summed E-state index contributed by atoms with van der Waals surface area (Å²) in [6.07, 6.45) is 0.880. The average Bonchev–Trinajstić information content (AvgIpc) is 2.74. The first-order valence-corrected chi connectivity index (χ1v) is 10.6. The lowest BCUT2D eigenvalue weighted by Crippen LogP contribution is -2.56. The van der Waals surface area contributed by atoms with Crippen LogP contribution in [-0.4, -0.2) is 41.0 Å². The molecule has 0 aliphatic heterocycles. The van der Waals surface area contributed by atoms with Crippen LogP contribution in [-0.2, 0) is 27.2 Å². The zero-order chi connectivity index (χ0) is 23.7. The predicted octanol–water partition coefficient (Wildman–Crippen LogP) is 1.01. The normalized spacial score (nSPS) is 13.8. The molecular formula is C24H32N4O4. The second-order valence-electron chi connectivity index (χ2n) is 8.32. The van der Waals surface area contributed by atoms with E-state index >= 15 is 0 Å². The summed E-state index contributed by atoms with van der Waals surface area (Å²) < 4.78 is 0. The lowest BCUT2D eigenvalue weighted by atomic mass is 10.00. The van der Waals surface area contributed by atoms with Crippen molar-refractivity contribution in [2.45, 2.75) is 51.2 Å². The van der Waals surface area contributed by atoms with Crippen molar-refractivity contribution in [1.82, 2.24) is 10.6 Å². The summed E-state index contributed by atoms with van der Waals surface area (Å²) in [6, 6.07) is 13.0. The minimum Gasteiger partial charge on any atom is -0.508 e. The second-order valence-corrected chi connectivity index (χ2v) is 8.32. The van der Waals surface area contributed by atoms with Crippen LogP contribution < -0.4 is 22.1 Å². The summed E-state index contributed by atoms with van der Waals surface area (Å²) in [6.45, 7) is 3.86. The molecule has 7 N–H and O–H groups in total. The Balaban J connectivity index is 2.05. The van der Waals surface area contributed by atoms with E-state index in [1.54, 1.807) is 12.1 Å². The van der Waals surface area contributed by atoms with E-state index in [0.717, 1.165) is 11.1 Å². The fourth-order valence-corrected chi connectivity index (χ4v) is 3.31. The van der Waals surface area contributed by atoms with Crippen LogP contribution in [0, 0.1) is 5.92 Å². The zero-order valence-electron chi connectivity index (χ0n) is 18.5. The van der Waals surface area contributed by atoms with Gasteiger partial charge in [0.25, 0.3) is 0 Å². The highest BCUT2D eigenvalue weighted by Gasteiger charge is 2.28. The average molecular weight is 441 g/mol. The highest BCUT2D eigenvalue weighted by molar-refractivity contribution is 5.92. The lowest BCUT2D eigenvalue weighted by molar-refractivity contribution is -0.132. The molecule has 2 aromatic carbocycles. The molecule has 3 atom stereocenters. The Morgan fingerprint density at radius 3 is 1.97 bits per heavy atom. The number of benzene rings is 2. The van der Waals surface area contributed by atoms with E-state index in [-0.39, 0.29) is 18.1 Å². The van der Waals surface area contributed by atoms with Crippen molar-refractivity contribution in [3.05, 3.63) is 65.7 Å². The Kier molecular flexibility index (Phi) is 9.22. The largest absolute Gasteiger partial charge is 0.508 e. The third-order valence-electron chi connectivity index (χ3n) is 5.01. The molecule has 0 unspecified atom stereocenters. The van der Waals surface area contributed by atoms with Crippen molar-refractivity contribution in [3.63, 3.8) is 0 Å². The number of nitrogens with one attached hydrogen (secondary N) is 2. The summed E-state index contributed by atoms with van der Waals surface area (Å²) in [7, 11) is 0. The highest BCUT2D eigenvalue weighted by Crippen LogP contribution is 2.12. The molecular weight excluding hydrogens is 408 g/mol. The summed E-state index contributed by atoms with van der Waals surface area (Å²) in [5, 5.41) is 14.8. The van der Waals surface area contributed by atoms with Gasteiger partial charge in [-0.2, -0.15) is 0 Å². The molecule has 32 heavy (non-hydrogen) atoms. The minimum atomic E-state index is -0.961. The van der Waals surface area contributed by atoms with Crippen molar-refractivity contribution in [2.75, 3.05) is 0 Å². The van der Waals surface area contributed by atoms with Gasteiger partial charge >= 0.3 is 0 Å². The van der Waals surface area contributed by atoms with Crippen molar-refractivity contribution >= 4 is 17.7 Å². The molecule has 0 radical (unpaired) electrons. The molecule has 2 rings (SSSR count). The molecule has 3 amide bonds. The number of rotatable bonds is 11. The minimum absolute atomic E-state index is 0.0972. The van der Waals surface area contributed by atoms with Crippen LogP contribution in [0.5, 0.6) is 5.75 Å². The fourth-order valence-electron chi connectivity index (χ4n) is 3.31. The van der Waals surface area contributed by atoms with E-state index in [1.807, 2.05) is 44.2 Å². The molecule has 0 aromatic heterocycles. The molecule has 8 heteroatoms. The first-order valence-electron chi connectivity index (χ1n) is 10.6. The number of primary amides is 1. The molecule has 0 heterocycles. The third-order valence-corrected chi connectivity index (χ3v) is 5.01. The summed E-state index contributed by atoms with van der Waals surface area (Å²) in [5.41, 5.74) is 13.2. The van der Waals surface area contributed by atoms with Crippen LogP contribution in [0.2, 0.25) is 0 Å². The Labute approximate surface area is 188 Å². The molecule has 0 spiro atoms. The number of carbonyl (C=O) groups is 3. The lowest BCUT2D eigenvalue weighted by Gasteiger charge is -2.24. The van der Waals surface area contributed by atoms with Gasteiger partial charge in [0.1, 0.15) is 17.8 Å². The third kappa shape index (κ3) is 8.03. The van der Waals surface area contributed by atoms with Crippen LogP contribution in [0.4, 0.5) is 0 Å². The molecule has 172 valence electrons. The monoisotopic (exact) mass is 440 g/mol. The molecule has 0 saturated heterocycles. The number of phenolic OH excluding ortho intramolecular Hbond substituents is 1. The fraction of sp³-hybridized carbons (Fsp3) is 0.375. The van der Waals surface area contributed by atoms with Gasteiger partial charge in [0.2, 0.25) is 17.7 Å². The van der Waals surface area contributed by atoms with E-state index in [0.29, 0.717) is 12.8 Å². The first kappa shape index (κ1) is 24.9. The van der Waals surface area contributed by atoms with E-state index in [9.17, 15) is 19.5 Å². The van der Waals surface area contributed by atoms with Gasteiger partial charge in [-0.05, 0) is 42.0 Å². The van der Waals surface area contributed by atoms with Crippen molar-refractivity contribution < 1.29 is 19.5 Å². The molecule has 0 bridgehead atoms. The van der Waals surface area contributed by atoms with Crippen LogP contribution in [0.1, 0.15) is 31.4 Å². The number of phenols is 1. The van der Waals surface area contributed by atoms with Crippen LogP contribution in [0.25, 0.3) is 0 Å². The van der Waals surface area contributed by atoms with Crippen LogP contribution >= 0.6 is 0 Å². The Morgan fingerprint density at radius 1 is 0.844 bits per heavy atom. The van der Waals surface area contributed by atoms with Crippen molar-refractivity contribution in [3.8, 4) is 5.75 Å². The Hall–Kier alpha value is -3.39. The molecule has 2 aromatic rings. The van der Waals surface area contributed by atoms with E-state index in [4.69, 9.17) is 11.5 Å². The van der Waals surface area contributed by atoms with Crippen molar-refractivity contribution in [2.24, 2.45) is 17.4 Å². The van der Waals surface area contributed by atoms with Gasteiger partial charge in [-0.1, -0.05) is 56.3 Å². The Morgan fingerprint density at radius 2 is 1.41 bits per heavy atom. The molecule has 0 fully saturated rings. The van der Waals surface area contributed by atoms with Crippen LogP contribution in [0.3, 0.4) is 0 Å². The van der Waals surface area contributed by atoms with Gasteiger partial charge < -0.3 is 27.2 Å². The molecule has 8 nitrogen and oxygen atoms in total. The maximum atomic E-state index is 12.9. The van der Waals surface area contributed by atoms with Gasteiger partial charge in [0.15, 0.2) is 0 Å². The van der Waals surface area contributed by atoms with E-state index in [2.05, 4.69) is 10.6 Å². The number of carbonyl (C=O) groups excluding carboxylic acids is 3. The maximum Gasteiger partial charge on any atom is 0.243 e. The van der Waals surface area contributed by atoms with Gasteiger partial charge in [-0.3, -0.25) is 14.4 Å². The highest BCUT2D eigenvalue weighted by atomic mass is 16.3. The number of amides is 3. The zero-order valence-corrected chi connectivity index (χ0v) is 18.5. The number of aromatic hydroxyl groups is 1. The van der Waals surface area contributed by atoms with Gasteiger partial charge in [0, 0.05) is 6.42 Å². The predicted molar refractivity (Wildman–Crippen MR) is 122 cm³/mol. The summed E-state index contributed by atoms with van der Waals surface area (Å²) in [5.74, 6) is -1.42. The smallest absolute Gasteiger partial charge is 0.243 e. The van der Waals surface area contributed by atoms with Crippen molar-refractivity contribution in [1.29, 1.82) is 0 Å². The SMILES string of the molecule is CC(C)C[C@H](NC(=O)[C@@H](N)Cc1ccccc1)C(=O)N[C@@H](Cc1ccc(O)cc1)C(N)=O. The number of nitrogens with two attached hydrogens (primary N) is 2. The Bertz CT molecular complexity index is 900. The molecule has 0 aliphatic rings. The first-order chi connectivity index (χ1) is 15.2. The summed E-state index contributed by atoms with van der Waals surface area (Å²) in [4.78, 5) is 37.5. The standard InChI is InChI=1S/C24H32N4O4/c1-15(2)12-21(28-23(31)19(25)13-16-6-4-3-5-7-16)24(32)27-20(22(26)30)14-17-8-10-18(29)11-9-17/h3-11,15,19-21,29H,12-14,25H2,1-2H3,(H2,26,30)(H,27,32)(H,28,31)/t19-,20-,21-/m0/s1. The topological polar surface area (TPSA) is 148 Å². The number of hydrogen-bond donors (Lipinski definition) is 5.